The Morgan fingerprint density at radius 3 is 2.59 bits per heavy atom. The van der Waals surface area contributed by atoms with Crippen LogP contribution >= 0.6 is 0 Å². The van der Waals surface area contributed by atoms with Crippen LogP contribution in [0.5, 0.6) is 0 Å². The molecule has 3 heteroatoms. The normalized spacial score (nSPS) is 30.2. The maximum Gasteiger partial charge on any atom is 0.0674 e. The smallest absolute Gasteiger partial charge is 0.0674 e. The fourth-order valence-corrected chi connectivity index (χ4v) is 2.87. The molecule has 1 aliphatic heterocycles. The minimum atomic E-state index is 0.374. The van der Waals surface area contributed by atoms with Crippen molar-refractivity contribution >= 4 is 0 Å². The van der Waals surface area contributed by atoms with Gasteiger partial charge in [0.25, 0.3) is 0 Å². The number of hydrogen-bond acceptors (Lipinski definition) is 3. The zero-order valence-corrected chi connectivity index (χ0v) is 12.2. The maximum absolute atomic E-state index is 5.77. The van der Waals surface area contributed by atoms with Crippen molar-refractivity contribution in [2.45, 2.75) is 71.7 Å². The lowest BCUT2D eigenvalue weighted by molar-refractivity contribution is -0.0749. The van der Waals surface area contributed by atoms with Crippen LogP contribution in [0.3, 0.4) is 0 Å². The van der Waals surface area contributed by atoms with Crippen LogP contribution in [0.15, 0.2) is 0 Å². The van der Waals surface area contributed by atoms with Gasteiger partial charge in [0, 0.05) is 24.7 Å². The highest BCUT2D eigenvalue weighted by atomic mass is 16.5. The molecule has 0 radical (unpaired) electrons. The summed E-state index contributed by atoms with van der Waals surface area (Å²) in [5.74, 6) is 0. The summed E-state index contributed by atoms with van der Waals surface area (Å²) in [5.41, 5.74) is 0. The molecule has 0 amide bonds. The first-order valence-corrected chi connectivity index (χ1v) is 7.24. The average molecular weight is 242 g/mol. The van der Waals surface area contributed by atoms with E-state index in [2.05, 4.69) is 44.8 Å². The molecule has 0 aliphatic carbocycles. The van der Waals surface area contributed by atoms with Crippen molar-refractivity contribution in [1.29, 1.82) is 0 Å². The topological polar surface area (TPSA) is 24.5 Å². The highest BCUT2D eigenvalue weighted by molar-refractivity contribution is 4.87. The summed E-state index contributed by atoms with van der Waals surface area (Å²) in [6, 6.07) is 1.78. The second-order valence-electron chi connectivity index (χ2n) is 5.22. The van der Waals surface area contributed by atoms with E-state index in [1.54, 1.807) is 0 Å². The fraction of sp³-hybridized carbons (Fsp3) is 1.00. The number of morpholine rings is 1. The van der Waals surface area contributed by atoms with Crippen molar-refractivity contribution in [3.8, 4) is 0 Å². The van der Waals surface area contributed by atoms with Crippen molar-refractivity contribution in [2.75, 3.05) is 19.7 Å². The largest absolute Gasteiger partial charge is 0.376 e. The number of ether oxygens (including phenoxy) is 1. The zero-order chi connectivity index (χ0) is 12.8. The van der Waals surface area contributed by atoms with Gasteiger partial charge in [0.2, 0.25) is 0 Å². The molecule has 0 aromatic carbocycles. The third-order valence-corrected chi connectivity index (χ3v) is 3.99. The van der Waals surface area contributed by atoms with Gasteiger partial charge in [-0.3, -0.25) is 4.90 Å². The standard InChI is InChI=1S/C14H30N2O/c1-6-13-10-17-11(4)9-16(13)12(5)14(7-2)15-8-3/h11-15H,6-10H2,1-5H3. The van der Waals surface area contributed by atoms with Gasteiger partial charge in [-0.15, -0.1) is 0 Å². The van der Waals surface area contributed by atoms with Crippen LogP contribution in [0.2, 0.25) is 0 Å². The summed E-state index contributed by atoms with van der Waals surface area (Å²) in [6.07, 6.45) is 2.75. The summed E-state index contributed by atoms with van der Waals surface area (Å²) in [5, 5.41) is 3.61. The van der Waals surface area contributed by atoms with Gasteiger partial charge in [0.1, 0.15) is 0 Å². The van der Waals surface area contributed by atoms with Crippen molar-refractivity contribution in [1.82, 2.24) is 10.2 Å². The Hall–Kier alpha value is -0.120. The zero-order valence-electron chi connectivity index (χ0n) is 12.2. The van der Waals surface area contributed by atoms with Gasteiger partial charge < -0.3 is 10.1 Å². The Morgan fingerprint density at radius 2 is 2.06 bits per heavy atom. The van der Waals surface area contributed by atoms with Crippen molar-refractivity contribution in [3.05, 3.63) is 0 Å². The molecule has 1 aliphatic rings. The average Bonchev–Trinajstić information content (AvgIpc) is 2.35. The number of nitrogens with zero attached hydrogens (tertiary/aromatic N) is 1. The van der Waals surface area contributed by atoms with Crippen LogP contribution in [-0.4, -0.2) is 48.8 Å². The molecule has 0 saturated carbocycles. The van der Waals surface area contributed by atoms with Gasteiger partial charge in [-0.05, 0) is 33.2 Å². The molecular formula is C14H30N2O. The second-order valence-corrected chi connectivity index (χ2v) is 5.22. The number of hydrogen-bond donors (Lipinski definition) is 1. The lowest BCUT2D eigenvalue weighted by atomic mass is 10.0. The summed E-state index contributed by atoms with van der Waals surface area (Å²) in [6.45, 7) is 14.3. The first kappa shape index (κ1) is 14.9. The van der Waals surface area contributed by atoms with E-state index < -0.39 is 0 Å². The Kier molecular flexibility index (Phi) is 6.45. The van der Waals surface area contributed by atoms with Gasteiger partial charge in [0.05, 0.1) is 12.7 Å². The first-order chi connectivity index (χ1) is 8.13. The van der Waals surface area contributed by atoms with Crippen LogP contribution in [0.25, 0.3) is 0 Å². The van der Waals surface area contributed by atoms with Crippen molar-refractivity contribution in [3.63, 3.8) is 0 Å². The minimum Gasteiger partial charge on any atom is -0.376 e. The van der Waals surface area contributed by atoms with Gasteiger partial charge in [0.15, 0.2) is 0 Å². The molecule has 4 atom stereocenters. The van der Waals surface area contributed by atoms with E-state index in [9.17, 15) is 0 Å². The van der Waals surface area contributed by atoms with E-state index in [-0.39, 0.29) is 0 Å². The van der Waals surface area contributed by atoms with E-state index >= 15 is 0 Å². The van der Waals surface area contributed by atoms with Crippen LogP contribution < -0.4 is 5.32 Å². The van der Waals surface area contributed by atoms with Gasteiger partial charge >= 0.3 is 0 Å². The molecule has 17 heavy (non-hydrogen) atoms. The van der Waals surface area contributed by atoms with E-state index in [1.165, 1.54) is 12.8 Å². The fourth-order valence-electron chi connectivity index (χ4n) is 2.87. The molecule has 0 aromatic rings. The molecule has 0 aromatic heterocycles. The molecule has 3 nitrogen and oxygen atoms in total. The van der Waals surface area contributed by atoms with E-state index in [0.29, 0.717) is 24.2 Å². The summed E-state index contributed by atoms with van der Waals surface area (Å²) in [4.78, 5) is 2.64. The minimum absolute atomic E-state index is 0.374. The highest BCUT2D eigenvalue weighted by Crippen LogP contribution is 2.20. The number of likely N-dealkylation sites (N-methyl/N-ethyl adjacent to an activating group) is 1. The third kappa shape index (κ3) is 3.94. The molecular weight excluding hydrogens is 212 g/mol. The SMILES string of the molecule is CCNC(CC)C(C)N1CC(C)OCC1CC. The summed E-state index contributed by atoms with van der Waals surface area (Å²) in [7, 11) is 0. The highest BCUT2D eigenvalue weighted by Gasteiger charge is 2.31. The van der Waals surface area contributed by atoms with Gasteiger partial charge in [-0.1, -0.05) is 20.8 Å². The predicted octanol–water partition coefficient (Wildman–Crippen LogP) is 2.26. The van der Waals surface area contributed by atoms with Crippen LogP contribution in [0.4, 0.5) is 0 Å². The number of nitrogens with one attached hydrogen (secondary N) is 1. The summed E-state index contributed by atoms with van der Waals surface area (Å²) >= 11 is 0. The molecule has 1 heterocycles. The molecule has 1 fully saturated rings. The van der Waals surface area contributed by atoms with Gasteiger partial charge in [-0.2, -0.15) is 0 Å². The monoisotopic (exact) mass is 242 g/mol. The number of rotatable bonds is 6. The van der Waals surface area contributed by atoms with Crippen LogP contribution in [0, 0.1) is 0 Å². The van der Waals surface area contributed by atoms with E-state index in [1.807, 2.05) is 0 Å². The maximum atomic E-state index is 5.77. The molecule has 4 unspecified atom stereocenters. The molecule has 1 N–H and O–H groups in total. The van der Waals surface area contributed by atoms with Crippen molar-refractivity contribution < 1.29 is 4.74 Å². The molecule has 0 spiro atoms. The predicted molar refractivity (Wildman–Crippen MR) is 73.4 cm³/mol. The Morgan fingerprint density at radius 1 is 1.35 bits per heavy atom. The molecule has 0 bridgehead atoms. The third-order valence-electron chi connectivity index (χ3n) is 3.99. The molecule has 102 valence electrons. The van der Waals surface area contributed by atoms with Crippen molar-refractivity contribution in [2.24, 2.45) is 0 Å². The van der Waals surface area contributed by atoms with Crippen LogP contribution in [0.1, 0.15) is 47.5 Å². The van der Waals surface area contributed by atoms with Gasteiger partial charge in [-0.25, -0.2) is 0 Å². The Balaban J connectivity index is 2.64. The van der Waals surface area contributed by atoms with E-state index in [0.717, 1.165) is 19.7 Å². The lowest BCUT2D eigenvalue weighted by Gasteiger charge is -2.44. The van der Waals surface area contributed by atoms with Crippen LogP contribution in [-0.2, 0) is 4.74 Å². The summed E-state index contributed by atoms with van der Waals surface area (Å²) < 4.78 is 5.77. The first-order valence-electron chi connectivity index (χ1n) is 7.24. The lowest BCUT2D eigenvalue weighted by Crippen LogP contribution is -2.57. The second kappa shape index (κ2) is 7.34. The molecule has 1 saturated heterocycles. The van der Waals surface area contributed by atoms with E-state index in [4.69, 9.17) is 4.74 Å². The Labute approximate surface area is 107 Å². The quantitative estimate of drug-likeness (QED) is 0.773. The molecule has 1 rings (SSSR count). The Bertz CT molecular complexity index is 210.